The van der Waals surface area contributed by atoms with Crippen LogP contribution < -0.4 is 0 Å². The van der Waals surface area contributed by atoms with Gasteiger partial charge >= 0.3 is 0 Å². The molecule has 0 radical (unpaired) electrons. The van der Waals surface area contributed by atoms with Gasteiger partial charge in [0.15, 0.2) is 0 Å². The van der Waals surface area contributed by atoms with Gasteiger partial charge in [0.25, 0.3) is 0 Å². The molecule has 0 aromatic carbocycles. The lowest BCUT2D eigenvalue weighted by molar-refractivity contribution is -0.211. The summed E-state index contributed by atoms with van der Waals surface area (Å²) in [7, 11) is 0. The zero-order chi connectivity index (χ0) is 16.6. The lowest BCUT2D eigenvalue weighted by Gasteiger charge is -2.63. The molecule has 2 aliphatic rings. The first kappa shape index (κ1) is 18.0. The molecule has 0 aliphatic heterocycles. The van der Waals surface area contributed by atoms with Gasteiger partial charge < -0.3 is 10.2 Å². The zero-order valence-corrected chi connectivity index (χ0v) is 15.3. The van der Waals surface area contributed by atoms with Crippen molar-refractivity contribution >= 4 is 0 Å². The number of hydrogen-bond donors (Lipinski definition) is 2. The molecule has 2 N–H and O–H groups in total. The molecule has 2 fully saturated rings. The molecule has 0 amide bonds. The van der Waals surface area contributed by atoms with Gasteiger partial charge in [-0.15, -0.1) is 0 Å². The van der Waals surface area contributed by atoms with Gasteiger partial charge in [0.1, 0.15) is 0 Å². The van der Waals surface area contributed by atoms with Gasteiger partial charge in [0.05, 0.1) is 12.2 Å². The Kier molecular flexibility index (Phi) is 5.14. The Balaban J connectivity index is 2.28. The van der Waals surface area contributed by atoms with Gasteiger partial charge in [0, 0.05) is 0 Å². The molecule has 0 spiro atoms. The molecule has 2 rings (SSSR count). The summed E-state index contributed by atoms with van der Waals surface area (Å²) >= 11 is 0. The molecule has 2 nitrogen and oxygen atoms in total. The maximum absolute atomic E-state index is 11.8. The lowest BCUT2D eigenvalue weighted by Crippen LogP contribution is -2.62. The molecule has 2 heteroatoms. The van der Waals surface area contributed by atoms with Crippen LogP contribution in [-0.4, -0.2) is 22.4 Å². The second-order valence-electron chi connectivity index (χ2n) is 8.95. The molecule has 0 aromatic heterocycles. The summed E-state index contributed by atoms with van der Waals surface area (Å²) in [5, 5.41) is 20.8. The average Bonchev–Trinajstić information content (AvgIpc) is 2.42. The van der Waals surface area contributed by atoms with Crippen molar-refractivity contribution in [2.24, 2.45) is 22.7 Å². The monoisotopic (exact) mass is 308 g/mol. The molecular formula is C20H36O2. The third-order valence-electron chi connectivity index (χ3n) is 7.26. The van der Waals surface area contributed by atoms with Crippen LogP contribution in [0.4, 0.5) is 0 Å². The molecular weight excluding hydrogens is 272 g/mol. The van der Waals surface area contributed by atoms with Crippen molar-refractivity contribution < 1.29 is 10.2 Å². The zero-order valence-electron chi connectivity index (χ0n) is 15.3. The van der Waals surface area contributed by atoms with E-state index in [1.54, 1.807) is 0 Å². The van der Waals surface area contributed by atoms with E-state index in [2.05, 4.69) is 34.6 Å². The number of aliphatic hydroxyl groups is 2. The SMILES string of the molecule is CC(=CCO)CC[C@]1(O)[C@@H](C)CCC2C(C)(C)CCC[C@@]21C. The molecule has 1 unspecified atom stereocenters. The van der Waals surface area contributed by atoms with Crippen molar-refractivity contribution in [1.29, 1.82) is 0 Å². The highest BCUT2D eigenvalue weighted by molar-refractivity contribution is 5.12. The van der Waals surface area contributed by atoms with Crippen LogP contribution in [0.15, 0.2) is 11.6 Å². The van der Waals surface area contributed by atoms with Crippen LogP contribution in [0.25, 0.3) is 0 Å². The predicted octanol–water partition coefficient (Wildman–Crippen LogP) is 4.70. The van der Waals surface area contributed by atoms with E-state index in [-0.39, 0.29) is 12.0 Å². The van der Waals surface area contributed by atoms with Crippen LogP contribution in [-0.2, 0) is 0 Å². The fourth-order valence-corrected chi connectivity index (χ4v) is 5.75. The van der Waals surface area contributed by atoms with Crippen LogP contribution in [0.5, 0.6) is 0 Å². The second kappa shape index (κ2) is 6.28. The first-order chi connectivity index (χ1) is 10.2. The highest BCUT2D eigenvalue weighted by Crippen LogP contribution is 2.63. The van der Waals surface area contributed by atoms with E-state index in [1.165, 1.54) is 24.8 Å². The van der Waals surface area contributed by atoms with Crippen molar-refractivity contribution in [3.63, 3.8) is 0 Å². The van der Waals surface area contributed by atoms with E-state index in [9.17, 15) is 5.11 Å². The highest BCUT2D eigenvalue weighted by Gasteiger charge is 2.60. The van der Waals surface area contributed by atoms with E-state index in [0.29, 0.717) is 17.3 Å². The van der Waals surface area contributed by atoms with Gasteiger partial charge in [-0.05, 0) is 68.1 Å². The molecule has 0 bridgehead atoms. The van der Waals surface area contributed by atoms with Gasteiger partial charge in [0.2, 0.25) is 0 Å². The minimum absolute atomic E-state index is 0.0336. The summed E-state index contributed by atoms with van der Waals surface area (Å²) in [4.78, 5) is 0. The molecule has 0 saturated heterocycles. The molecule has 0 aromatic rings. The third kappa shape index (κ3) is 2.89. The molecule has 2 aliphatic carbocycles. The van der Waals surface area contributed by atoms with Gasteiger partial charge in [-0.3, -0.25) is 0 Å². The molecule has 128 valence electrons. The first-order valence-corrected chi connectivity index (χ1v) is 9.16. The maximum atomic E-state index is 11.8. The largest absolute Gasteiger partial charge is 0.392 e. The van der Waals surface area contributed by atoms with Gasteiger partial charge in [-0.1, -0.05) is 45.8 Å². The fraction of sp³-hybridized carbons (Fsp3) is 0.900. The van der Waals surface area contributed by atoms with E-state index < -0.39 is 5.60 Å². The molecule has 22 heavy (non-hydrogen) atoms. The van der Waals surface area contributed by atoms with Crippen LogP contribution in [0.3, 0.4) is 0 Å². The predicted molar refractivity (Wildman–Crippen MR) is 92.7 cm³/mol. The van der Waals surface area contributed by atoms with Crippen LogP contribution in [0.1, 0.15) is 79.6 Å². The Hall–Kier alpha value is -0.340. The third-order valence-corrected chi connectivity index (χ3v) is 7.26. The number of hydrogen-bond acceptors (Lipinski definition) is 2. The van der Waals surface area contributed by atoms with E-state index in [0.717, 1.165) is 25.7 Å². The molecule has 4 atom stereocenters. The molecule has 2 saturated carbocycles. The molecule has 0 heterocycles. The van der Waals surface area contributed by atoms with Crippen molar-refractivity contribution in [1.82, 2.24) is 0 Å². The fourth-order valence-electron chi connectivity index (χ4n) is 5.75. The number of aliphatic hydroxyl groups excluding tert-OH is 1. The Morgan fingerprint density at radius 3 is 2.50 bits per heavy atom. The Labute approximate surface area is 137 Å². The topological polar surface area (TPSA) is 40.5 Å². The Bertz CT molecular complexity index is 425. The Morgan fingerprint density at radius 1 is 1.18 bits per heavy atom. The second-order valence-corrected chi connectivity index (χ2v) is 8.95. The smallest absolute Gasteiger partial charge is 0.0732 e. The van der Waals surface area contributed by atoms with Crippen molar-refractivity contribution in [2.75, 3.05) is 6.61 Å². The number of rotatable bonds is 4. The summed E-state index contributed by atoms with van der Waals surface area (Å²) in [5.74, 6) is 0.988. The van der Waals surface area contributed by atoms with E-state index in [4.69, 9.17) is 5.11 Å². The first-order valence-electron chi connectivity index (χ1n) is 9.16. The minimum atomic E-state index is -0.571. The van der Waals surface area contributed by atoms with Crippen molar-refractivity contribution in [3.05, 3.63) is 11.6 Å². The van der Waals surface area contributed by atoms with Crippen molar-refractivity contribution in [3.8, 4) is 0 Å². The van der Waals surface area contributed by atoms with E-state index >= 15 is 0 Å². The summed E-state index contributed by atoms with van der Waals surface area (Å²) in [6.07, 6.45) is 9.69. The van der Waals surface area contributed by atoms with Crippen LogP contribution in [0, 0.1) is 22.7 Å². The summed E-state index contributed by atoms with van der Waals surface area (Å²) in [6.45, 7) is 11.6. The van der Waals surface area contributed by atoms with Crippen LogP contribution in [0.2, 0.25) is 0 Å². The minimum Gasteiger partial charge on any atom is -0.392 e. The maximum Gasteiger partial charge on any atom is 0.0732 e. The number of allylic oxidation sites excluding steroid dienone is 1. The van der Waals surface area contributed by atoms with Crippen LogP contribution >= 0.6 is 0 Å². The summed E-state index contributed by atoms with van der Waals surface area (Å²) in [5.41, 5.74) is 1.00. The van der Waals surface area contributed by atoms with Crippen molar-refractivity contribution in [2.45, 2.75) is 85.2 Å². The summed E-state index contributed by atoms with van der Waals surface area (Å²) in [6, 6.07) is 0. The Morgan fingerprint density at radius 2 is 1.86 bits per heavy atom. The standard InChI is InChI=1S/C20H36O2/c1-15(10-14-21)9-13-20(22)16(2)7-8-17-18(3,4)11-6-12-19(17,20)5/h10,16-17,21-22H,6-9,11-14H2,1-5H3/t16-,17?,19-,20-/m0/s1. The highest BCUT2D eigenvalue weighted by atomic mass is 16.3. The van der Waals surface area contributed by atoms with E-state index in [1.807, 2.05) is 6.08 Å². The normalized spacial score (nSPS) is 42.0. The number of fused-ring (bicyclic) bond motifs is 1. The quantitative estimate of drug-likeness (QED) is 0.739. The van der Waals surface area contributed by atoms with Gasteiger partial charge in [-0.2, -0.15) is 0 Å². The lowest BCUT2D eigenvalue weighted by atomic mass is 9.44. The average molecular weight is 309 g/mol. The summed E-state index contributed by atoms with van der Waals surface area (Å²) < 4.78 is 0. The van der Waals surface area contributed by atoms with Gasteiger partial charge in [-0.25, -0.2) is 0 Å².